The number of aryl methyl sites for hydroxylation is 1. The van der Waals surface area contributed by atoms with E-state index in [2.05, 4.69) is 20.6 Å². The maximum Gasteiger partial charge on any atom is 0.426 e. The Balaban J connectivity index is 1.73. The summed E-state index contributed by atoms with van der Waals surface area (Å²) in [5.41, 5.74) is 7.04. The number of benzene rings is 2. The average Bonchev–Trinajstić information content (AvgIpc) is 3.17. The smallest absolute Gasteiger partial charge is 0.426 e. The molecule has 0 saturated heterocycles. The van der Waals surface area contributed by atoms with Crippen LogP contribution >= 0.6 is 0 Å². The Morgan fingerprint density at radius 1 is 0.964 bits per heavy atom. The molecular formula is C21H21N3O4. The first-order valence-electron chi connectivity index (χ1n) is 8.99. The fourth-order valence-corrected chi connectivity index (χ4v) is 2.62. The lowest BCUT2D eigenvalue weighted by Gasteiger charge is -2.06. The Bertz CT molecular complexity index is 866. The number of carbonyl (C=O) groups excluding carboxylic acids is 2. The number of hydrogen-bond acceptors (Lipinski definition) is 5. The van der Waals surface area contributed by atoms with Gasteiger partial charge in [0.1, 0.15) is 5.69 Å². The van der Waals surface area contributed by atoms with E-state index in [4.69, 9.17) is 4.42 Å². The van der Waals surface area contributed by atoms with Crippen molar-refractivity contribution < 1.29 is 18.7 Å². The van der Waals surface area contributed by atoms with E-state index in [1.54, 1.807) is 6.92 Å². The number of rotatable bonds is 6. The van der Waals surface area contributed by atoms with Crippen LogP contribution in [-0.2, 0) is 16.0 Å². The predicted molar refractivity (Wildman–Crippen MR) is 104 cm³/mol. The van der Waals surface area contributed by atoms with E-state index in [0.717, 1.165) is 16.8 Å². The van der Waals surface area contributed by atoms with Crippen LogP contribution in [0.4, 0.5) is 4.79 Å². The van der Waals surface area contributed by atoms with Gasteiger partial charge in [0.15, 0.2) is 11.7 Å². The number of ether oxygens (including phenoxy) is 1. The maximum absolute atomic E-state index is 11.9. The second kappa shape index (κ2) is 9.36. The molecule has 0 bridgehead atoms. The highest BCUT2D eigenvalue weighted by atomic mass is 16.5. The Morgan fingerprint density at radius 2 is 1.61 bits per heavy atom. The molecule has 0 unspecified atom stereocenters. The number of hydrogen-bond donors (Lipinski definition) is 2. The standard InChI is InChI=1S/C21H21N3O4/c1-2-27-21(26)24-23-17(25)13-14-18-22-19(15-9-5-3-6-10-15)20(28-18)16-11-7-4-8-12-16/h3-12H,2,13-14H2,1H3,(H,23,25)(H,24,26). The first-order chi connectivity index (χ1) is 13.7. The summed E-state index contributed by atoms with van der Waals surface area (Å²) in [6, 6.07) is 19.4. The average molecular weight is 379 g/mol. The Hall–Kier alpha value is -3.61. The molecule has 144 valence electrons. The molecule has 2 amide bonds. The van der Waals surface area contributed by atoms with Crippen molar-refractivity contribution in [1.29, 1.82) is 0 Å². The highest BCUT2D eigenvalue weighted by molar-refractivity contribution is 5.79. The van der Waals surface area contributed by atoms with Crippen LogP contribution in [0.15, 0.2) is 65.1 Å². The van der Waals surface area contributed by atoms with Crippen molar-refractivity contribution in [2.45, 2.75) is 19.8 Å². The molecule has 0 aliphatic heterocycles. The van der Waals surface area contributed by atoms with Gasteiger partial charge in [-0.25, -0.2) is 15.2 Å². The molecule has 0 fully saturated rings. The van der Waals surface area contributed by atoms with Gasteiger partial charge < -0.3 is 9.15 Å². The molecule has 2 aromatic carbocycles. The van der Waals surface area contributed by atoms with Crippen molar-refractivity contribution in [2.75, 3.05) is 6.61 Å². The van der Waals surface area contributed by atoms with Crippen molar-refractivity contribution in [3.05, 3.63) is 66.6 Å². The van der Waals surface area contributed by atoms with Crippen LogP contribution in [0.25, 0.3) is 22.6 Å². The number of aromatic nitrogens is 1. The molecule has 28 heavy (non-hydrogen) atoms. The molecule has 0 spiro atoms. The van der Waals surface area contributed by atoms with Gasteiger partial charge in [0, 0.05) is 24.0 Å². The molecule has 1 heterocycles. The number of nitrogens with one attached hydrogen (secondary N) is 2. The monoisotopic (exact) mass is 379 g/mol. The first-order valence-corrected chi connectivity index (χ1v) is 8.99. The maximum atomic E-state index is 11.9. The van der Waals surface area contributed by atoms with Crippen LogP contribution < -0.4 is 10.9 Å². The van der Waals surface area contributed by atoms with Gasteiger partial charge in [0.2, 0.25) is 5.91 Å². The van der Waals surface area contributed by atoms with Crippen molar-refractivity contribution in [3.8, 4) is 22.6 Å². The van der Waals surface area contributed by atoms with Crippen molar-refractivity contribution in [3.63, 3.8) is 0 Å². The minimum atomic E-state index is -0.704. The van der Waals surface area contributed by atoms with Gasteiger partial charge in [0.05, 0.1) is 6.61 Å². The van der Waals surface area contributed by atoms with Crippen molar-refractivity contribution in [2.24, 2.45) is 0 Å². The van der Waals surface area contributed by atoms with Gasteiger partial charge in [-0.15, -0.1) is 0 Å². The lowest BCUT2D eigenvalue weighted by Crippen LogP contribution is -2.42. The summed E-state index contributed by atoms with van der Waals surface area (Å²) in [6.07, 6.45) is -0.303. The van der Waals surface area contributed by atoms with E-state index in [1.165, 1.54) is 0 Å². The van der Waals surface area contributed by atoms with Gasteiger partial charge in [-0.2, -0.15) is 0 Å². The molecule has 1 aromatic heterocycles. The Morgan fingerprint density at radius 3 is 2.25 bits per heavy atom. The zero-order chi connectivity index (χ0) is 19.8. The summed E-state index contributed by atoms with van der Waals surface area (Å²) >= 11 is 0. The van der Waals surface area contributed by atoms with Gasteiger partial charge >= 0.3 is 6.09 Å². The fraction of sp³-hybridized carbons (Fsp3) is 0.190. The quantitative estimate of drug-likeness (QED) is 0.637. The third-order valence-electron chi connectivity index (χ3n) is 3.90. The van der Waals surface area contributed by atoms with Crippen LogP contribution in [0.1, 0.15) is 19.2 Å². The number of amides is 2. The minimum absolute atomic E-state index is 0.107. The van der Waals surface area contributed by atoms with Gasteiger partial charge in [-0.3, -0.25) is 10.2 Å². The van der Waals surface area contributed by atoms with E-state index in [-0.39, 0.29) is 18.9 Å². The van der Waals surface area contributed by atoms with Crippen LogP contribution in [0.5, 0.6) is 0 Å². The topological polar surface area (TPSA) is 93.5 Å². The molecule has 2 N–H and O–H groups in total. The number of oxazole rings is 1. The first kappa shape index (κ1) is 19.2. The minimum Gasteiger partial charge on any atom is -0.449 e. The fourth-order valence-electron chi connectivity index (χ4n) is 2.62. The van der Waals surface area contributed by atoms with Crippen molar-refractivity contribution in [1.82, 2.24) is 15.8 Å². The van der Waals surface area contributed by atoms with Gasteiger partial charge in [-0.05, 0) is 6.92 Å². The number of nitrogens with zero attached hydrogens (tertiary/aromatic N) is 1. The van der Waals surface area contributed by atoms with E-state index in [0.29, 0.717) is 18.1 Å². The largest absolute Gasteiger partial charge is 0.449 e. The van der Waals surface area contributed by atoms with E-state index in [9.17, 15) is 9.59 Å². The summed E-state index contributed by atoms with van der Waals surface area (Å²) in [5, 5.41) is 0. The summed E-state index contributed by atoms with van der Waals surface area (Å²) in [4.78, 5) is 27.7. The molecule has 0 aliphatic carbocycles. The molecule has 7 heteroatoms. The van der Waals surface area contributed by atoms with Crippen LogP contribution in [0, 0.1) is 0 Å². The molecule has 0 aliphatic rings. The summed E-state index contributed by atoms with van der Waals surface area (Å²) in [6.45, 7) is 1.90. The van der Waals surface area contributed by atoms with E-state index < -0.39 is 6.09 Å². The normalized spacial score (nSPS) is 10.3. The molecule has 7 nitrogen and oxygen atoms in total. The van der Waals surface area contributed by atoms with E-state index >= 15 is 0 Å². The summed E-state index contributed by atoms with van der Waals surface area (Å²) in [7, 11) is 0. The van der Waals surface area contributed by atoms with Crippen LogP contribution in [-0.4, -0.2) is 23.6 Å². The molecule has 3 aromatic rings. The highest BCUT2D eigenvalue weighted by Crippen LogP contribution is 2.32. The van der Waals surface area contributed by atoms with Gasteiger partial charge in [-0.1, -0.05) is 60.7 Å². The SMILES string of the molecule is CCOC(=O)NNC(=O)CCc1nc(-c2ccccc2)c(-c2ccccc2)o1. The second-order valence-corrected chi connectivity index (χ2v) is 5.91. The third-order valence-corrected chi connectivity index (χ3v) is 3.90. The lowest BCUT2D eigenvalue weighted by molar-refractivity contribution is -0.122. The zero-order valence-electron chi connectivity index (χ0n) is 15.5. The van der Waals surface area contributed by atoms with Crippen molar-refractivity contribution >= 4 is 12.0 Å². The number of hydrazine groups is 1. The van der Waals surface area contributed by atoms with Crippen LogP contribution in [0.2, 0.25) is 0 Å². The molecular weight excluding hydrogens is 358 g/mol. The lowest BCUT2D eigenvalue weighted by atomic mass is 10.1. The third kappa shape index (κ3) is 4.97. The molecule has 0 saturated carbocycles. The van der Waals surface area contributed by atoms with Crippen LogP contribution in [0.3, 0.4) is 0 Å². The molecule has 0 radical (unpaired) electrons. The highest BCUT2D eigenvalue weighted by Gasteiger charge is 2.17. The van der Waals surface area contributed by atoms with E-state index in [1.807, 2.05) is 60.7 Å². The molecule has 0 atom stereocenters. The second-order valence-electron chi connectivity index (χ2n) is 5.91. The Kier molecular flexibility index (Phi) is 6.41. The Labute approximate surface area is 162 Å². The predicted octanol–water partition coefficient (Wildman–Crippen LogP) is 3.72. The summed E-state index contributed by atoms with van der Waals surface area (Å²) in [5.74, 6) is 0.740. The zero-order valence-corrected chi connectivity index (χ0v) is 15.5. The summed E-state index contributed by atoms with van der Waals surface area (Å²) < 4.78 is 10.6. The molecule has 3 rings (SSSR count). The number of carbonyl (C=O) groups is 2. The van der Waals surface area contributed by atoms with Gasteiger partial charge in [0.25, 0.3) is 0 Å².